The summed E-state index contributed by atoms with van der Waals surface area (Å²) in [7, 11) is 0. The molecule has 1 aromatic rings. The van der Waals surface area contributed by atoms with Gasteiger partial charge in [-0.25, -0.2) is 4.79 Å². The van der Waals surface area contributed by atoms with Gasteiger partial charge in [-0.3, -0.25) is 9.59 Å². The van der Waals surface area contributed by atoms with Gasteiger partial charge in [-0.1, -0.05) is 30.3 Å². The summed E-state index contributed by atoms with van der Waals surface area (Å²) in [5, 5.41) is 11.4. The number of hydrogen-bond donors (Lipinski definition) is 2. The van der Waals surface area contributed by atoms with Crippen LogP contribution in [0.4, 0.5) is 13.2 Å². The van der Waals surface area contributed by atoms with Crippen LogP contribution in [0, 0.1) is 0 Å². The molecule has 0 aliphatic carbocycles. The van der Waals surface area contributed by atoms with Crippen LogP contribution in [-0.2, 0) is 14.4 Å². The Balaban J connectivity index is 2.09. The Kier molecular flexibility index (Phi) is 5.10. The second-order valence-corrected chi connectivity index (χ2v) is 5.38. The van der Waals surface area contributed by atoms with Crippen LogP contribution in [0.2, 0.25) is 0 Å². The van der Waals surface area contributed by atoms with Crippen molar-refractivity contribution in [3.05, 3.63) is 35.9 Å². The normalized spacial score (nSPS) is 19.2. The number of nitrogens with one attached hydrogen (secondary N) is 1. The average molecular weight is 344 g/mol. The number of hydrogen-bond acceptors (Lipinski definition) is 3. The third kappa shape index (κ3) is 4.24. The van der Waals surface area contributed by atoms with Gasteiger partial charge in [0.25, 0.3) is 0 Å². The molecule has 1 heterocycles. The first-order chi connectivity index (χ1) is 11.2. The van der Waals surface area contributed by atoms with Crippen LogP contribution in [0.5, 0.6) is 0 Å². The van der Waals surface area contributed by atoms with Crippen LogP contribution in [0.15, 0.2) is 30.3 Å². The number of halogens is 3. The zero-order valence-corrected chi connectivity index (χ0v) is 12.4. The molecule has 1 aromatic carbocycles. The van der Waals surface area contributed by atoms with Crippen molar-refractivity contribution in [2.24, 2.45) is 0 Å². The molecule has 130 valence electrons. The molecule has 2 atom stereocenters. The van der Waals surface area contributed by atoms with E-state index in [1.54, 1.807) is 30.3 Å². The Hall–Kier alpha value is -2.58. The molecular weight excluding hydrogens is 329 g/mol. The number of rotatable bonds is 5. The Morgan fingerprint density at radius 3 is 2.46 bits per heavy atom. The number of alkyl halides is 3. The van der Waals surface area contributed by atoms with E-state index in [2.05, 4.69) is 0 Å². The van der Waals surface area contributed by atoms with Gasteiger partial charge in [-0.05, 0) is 12.0 Å². The molecule has 0 saturated carbocycles. The zero-order valence-electron chi connectivity index (χ0n) is 12.4. The standard InChI is InChI=1S/C15H15F3N2O4/c16-15(17,18)8-11(21)19-10-6-7-20(13(10)22)12(14(23)24)9-4-2-1-3-5-9/h1-5,10,12H,6-8H2,(H,19,21)(H,23,24)/t10-,12+/m0/s1. The zero-order chi connectivity index (χ0) is 17.9. The maximum absolute atomic E-state index is 12.3. The lowest BCUT2D eigenvalue weighted by atomic mass is 10.1. The first-order valence-corrected chi connectivity index (χ1v) is 7.13. The Morgan fingerprint density at radius 1 is 1.29 bits per heavy atom. The van der Waals surface area contributed by atoms with Gasteiger partial charge in [0.1, 0.15) is 12.5 Å². The van der Waals surface area contributed by atoms with E-state index in [1.807, 2.05) is 5.32 Å². The average Bonchev–Trinajstić information content (AvgIpc) is 2.80. The molecule has 2 rings (SSSR count). The van der Waals surface area contributed by atoms with Crippen LogP contribution in [0.1, 0.15) is 24.4 Å². The topological polar surface area (TPSA) is 86.7 Å². The minimum Gasteiger partial charge on any atom is -0.479 e. The summed E-state index contributed by atoms with van der Waals surface area (Å²) in [6, 6.07) is 5.62. The van der Waals surface area contributed by atoms with E-state index in [4.69, 9.17) is 0 Å². The number of carbonyl (C=O) groups excluding carboxylic acids is 2. The molecule has 2 amide bonds. The van der Waals surface area contributed by atoms with E-state index in [-0.39, 0.29) is 13.0 Å². The highest BCUT2D eigenvalue weighted by Crippen LogP contribution is 2.27. The summed E-state index contributed by atoms with van der Waals surface area (Å²) >= 11 is 0. The number of aliphatic carboxylic acids is 1. The molecule has 6 nitrogen and oxygen atoms in total. The molecule has 9 heteroatoms. The number of benzene rings is 1. The molecule has 1 aliphatic heterocycles. The quantitative estimate of drug-likeness (QED) is 0.847. The number of carbonyl (C=O) groups is 3. The molecule has 0 radical (unpaired) electrons. The number of nitrogens with zero attached hydrogens (tertiary/aromatic N) is 1. The highest BCUT2D eigenvalue weighted by atomic mass is 19.4. The highest BCUT2D eigenvalue weighted by Gasteiger charge is 2.41. The molecule has 24 heavy (non-hydrogen) atoms. The third-order valence-corrected chi connectivity index (χ3v) is 3.60. The second-order valence-electron chi connectivity index (χ2n) is 5.38. The van der Waals surface area contributed by atoms with Gasteiger partial charge in [0.05, 0.1) is 0 Å². The van der Waals surface area contributed by atoms with Crippen molar-refractivity contribution in [2.75, 3.05) is 6.54 Å². The van der Waals surface area contributed by atoms with E-state index in [0.717, 1.165) is 4.90 Å². The first-order valence-electron chi connectivity index (χ1n) is 7.13. The van der Waals surface area contributed by atoms with E-state index < -0.39 is 42.5 Å². The van der Waals surface area contributed by atoms with Crippen LogP contribution in [-0.4, -0.2) is 46.6 Å². The summed E-state index contributed by atoms with van der Waals surface area (Å²) in [5.41, 5.74) is 0.376. The fraction of sp³-hybridized carbons (Fsp3) is 0.400. The van der Waals surface area contributed by atoms with Gasteiger partial charge in [0.15, 0.2) is 6.04 Å². The van der Waals surface area contributed by atoms with Gasteiger partial charge in [0.2, 0.25) is 11.8 Å². The van der Waals surface area contributed by atoms with Crippen molar-refractivity contribution in [3.8, 4) is 0 Å². The lowest BCUT2D eigenvalue weighted by Gasteiger charge is -2.25. The van der Waals surface area contributed by atoms with E-state index in [0.29, 0.717) is 5.56 Å². The third-order valence-electron chi connectivity index (χ3n) is 3.60. The summed E-state index contributed by atoms with van der Waals surface area (Å²) in [6.45, 7) is 0.0294. The lowest BCUT2D eigenvalue weighted by Crippen LogP contribution is -2.44. The molecule has 2 N–H and O–H groups in total. The van der Waals surface area contributed by atoms with Crippen molar-refractivity contribution in [2.45, 2.75) is 31.1 Å². The Labute approximate surface area is 135 Å². The van der Waals surface area contributed by atoms with E-state index >= 15 is 0 Å². The SMILES string of the molecule is O=C(CC(F)(F)F)N[C@H]1CCN([C@@H](C(=O)O)c2ccccc2)C1=O. The molecule has 0 spiro atoms. The summed E-state index contributed by atoms with van der Waals surface area (Å²) < 4.78 is 36.5. The molecule has 1 saturated heterocycles. The summed E-state index contributed by atoms with van der Waals surface area (Å²) in [4.78, 5) is 36.2. The molecule has 1 aliphatic rings. The predicted molar refractivity (Wildman–Crippen MR) is 75.8 cm³/mol. The van der Waals surface area contributed by atoms with Gasteiger partial charge in [-0.15, -0.1) is 0 Å². The summed E-state index contributed by atoms with van der Waals surface area (Å²) in [5.74, 6) is -3.27. The van der Waals surface area contributed by atoms with Gasteiger partial charge >= 0.3 is 12.1 Å². The molecule has 0 bridgehead atoms. The lowest BCUT2D eigenvalue weighted by molar-refractivity contribution is -0.155. The molecule has 0 unspecified atom stereocenters. The summed E-state index contributed by atoms with van der Waals surface area (Å²) in [6.07, 6.45) is -6.30. The first kappa shape index (κ1) is 17.8. The monoisotopic (exact) mass is 344 g/mol. The smallest absolute Gasteiger partial charge is 0.397 e. The maximum atomic E-state index is 12.3. The fourth-order valence-corrected chi connectivity index (χ4v) is 2.61. The minimum atomic E-state index is -4.67. The maximum Gasteiger partial charge on any atom is 0.397 e. The molecular formula is C15H15F3N2O4. The Morgan fingerprint density at radius 2 is 1.92 bits per heavy atom. The van der Waals surface area contributed by atoms with Crippen molar-refractivity contribution in [1.82, 2.24) is 10.2 Å². The van der Waals surface area contributed by atoms with Crippen LogP contribution < -0.4 is 5.32 Å². The van der Waals surface area contributed by atoms with Crippen molar-refractivity contribution in [1.29, 1.82) is 0 Å². The van der Waals surface area contributed by atoms with Crippen LogP contribution >= 0.6 is 0 Å². The second kappa shape index (κ2) is 6.90. The largest absolute Gasteiger partial charge is 0.479 e. The molecule has 0 aromatic heterocycles. The van der Waals surface area contributed by atoms with Crippen molar-refractivity contribution >= 4 is 17.8 Å². The Bertz CT molecular complexity index is 633. The van der Waals surface area contributed by atoms with Crippen LogP contribution in [0.3, 0.4) is 0 Å². The van der Waals surface area contributed by atoms with Crippen LogP contribution in [0.25, 0.3) is 0 Å². The molecule has 1 fully saturated rings. The van der Waals surface area contributed by atoms with E-state index in [9.17, 15) is 32.7 Å². The predicted octanol–water partition coefficient (Wildman–Crippen LogP) is 1.48. The van der Waals surface area contributed by atoms with Gasteiger partial charge in [0, 0.05) is 6.54 Å². The van der Waals surface area contributed by atoms with Crippen molar-refractivity contribution < 1.29 is 32.7 Å². The number of amides is 2. The highest BCUT2D eigenvalue weighted by molar-refractivity contribution is 5.92. The number of carboxylic acid groups (broad SMARTS) is 1. The minimum absolute atomic E-state index is 0.0294. The van der Waals surface area contributed by atoms with E-state index in [1.165, 1.54) is 0 Å². The number of likely N-dealkylation sites (tertiary alicyclic amines) is 1. The van der Waals surface area contributed by atoms with Gasteiger partial charge < -0.3 is 15.3 Å². The van der Waals surface area contributed by atoms with Gasteiger partial charge in [-0.2, -0.15) is 13.2 Å². The number of carboxylic acids is 1. The fourth-order valence-electron chi connectivity index (χ4n) is 2.61. The van der Waals surface area contributed by atoms with Crippen molar-refractivity contribution in [3.63, 3.8) is 0 Å².